The van der Waals surface area contributed by atoms with Gasteiger partial charge in [0.1, 0.15) is 5.52 Å². The maximum atomic E-state index is 15.1. The number of aryl methyl sites for hydroxylation is 1. The molecule has 0 saturated heterocycles. The molecule has 6 rings (SSSR count). The Kier molecular flexibility index (Phi) is 4.57. The molecule has 10 heteroatoms. The number of hydrogen-bond donors (Lipinski definition) is 2. The molecule has 0 aliphatic carbocycles. The first-order chi connectivity index (χ1) is 17.0. The molecule has 6 aromatic rings. The molecule has 0 bridgehead atoms. The normalized spacial score (nSPS) is 11.3. The predicted octanol–water partition coefficient (Wildman–Crippen LogP) is 3.82. The van der Waals surface area contributed by atoms with E-state index in [1.54, 1.807) is 35.1 Å². The fraction of sp³-hybridized carbons (Fsp3) is 0.0800. The summed E-state index contributed by atoms with van der Waals surface area (Å²) in [5.41, 5.74) is 6.18. The summed E-state index contributed by atoms with van der Waals surface area (Å²) in [6, 6.07) is 18.0. The third-order valence-electron chi connectivity index (χ3n) is 6.05. The molecule has 0 spiro atoms. The number of nitriles is 1. The van der Waals surface area contributed by atoms with Crippen molar-refractivity contribution in [2.24, 2.45) is 0 Å². The van der Waals surface area contributed by atoms with E-state index in [0.29, 0.717) is 39.9 Å². The average Bonchev–Trinajstić information content (AvgIpc) is 3.57. The highest BCUT2D eigenvalue weighted by atomic mass is 19.1. The maximum absolute atomic E-state index is 15.1. The number of aromatic amines is 2. The zero-order chi connectivity index (χ0) is 24.1. The van der Waals surface area contributed by atoms with Crippen molar-refractivity contribution in [1.82, 2.24) is 34.7 Å². The molecular formula is C25H17FN8O. The molecular weight excluding hydrogens is 447 g/mol. The fourth-order valence-electron chi connectivity index (χ4n) is 4.28. The summed E-state index contributed by atoms with van der Waals surface area (Å²) in [7, 11) is 0. The maximum Gasteiger partial charge on any atom is 0.323 e. The van der Waals surface area contributed by atoms with Crippen LogP contribution in [0.25, 0.3) is 39.0 Å². The van der Waals surface area contributed by atoms with Crippen LogP contribution in [0.15, 0.2) is 65.6 Å². The SMILES string of the molecule is Cc1cc(C#N)ccc1Cn1nccc1-c1cc(F)c2nnn(-c3ccc4[nH]c(=O)[nH]c4c3)c2c1. The molecule has 2 N–H and O–H groups in total. The van der Waals surface area contributed by atoms with Crippen molar-refractivity contribution in [1.29, 1.82) is 5.26 Å². The Morgan fingerprint density at radius 3 is 2.74 bits per heavy atom. The van der Waals surface area contributed by atoms with Crippen LogP contribution in [0.5, 0.6) is 0 Å². The molecule has 0 saturated carbocycles. The quantitative estimate of drug-likeness (QED) is 0.411. The van der Waals surface area contributed by atoms with Gasteiger partial charge in [-0.1, -0.05) is 11.3 Å². The second-order valence-electron chi connectivity index (χ2n) is 8.26. The van der Waals surface area contributed by atoms with Crippen LogP contribution in [0, 0.1) is 24.1 Å². The number of aromatic nitrogens is 7. The van der Waals surface area contributed by atoms with Gasteiger partial charge in [0, 0.05) is 11.8 Å². The van der Waals surface area contributed by atoms with Crippen molar-refractivity contribution in [3.05, 3.63) is 93.8 Å². The molecule has 35 heavy (non-hydrogen) atoms. The number of hydrogen-bond acceptors (Lipinski definition) is 5. The number of fused-ring (bicyclic) bond motifs is 2. The third kappa shape index (κ3) is 3.46. The van der Waals surface area contributed by atoms with E-state index in [1.165, 1.54) is 10.7 Å². The van der Waals surface area contributed by atoms with Crippen LogP contribution in [0.4, 0.5) is 4.39 Å². The summed E-state index contributed by atoms with van der Waals surface area (Å²) in [5, 5.41) is 21.7. The van der Waals surface area contributed by atoms with Gasteiger partial charge in [0.2, 0.25) is 0 Å². The Balaban J connectivity index is 1.44. The van der Waals surface area contributed by atoms with E-state index in [4.69, 9.17) is 5.26 Å². The van der Waals surface area contributed by atoms with E-state index in [-0.39, 0.29) is 11.2 Å². The lowest BCUT2D eigenvalue weighted by atomic mass is 10.1. The topological polar surface area (TPSA) is 121 Å². The van der Waals surface area contributed by atoms with E-state index in [1.807, 2.05) is 31.2 Å². The first-order valence-electron chi connectivity index (χ1n) is 10.8. The second-order valence-corrected chi connectivity index (χ2v) is 8.26. The molecule has 0 unspecified atom stereocenters. The third-order valence-corrected chi connectivity index (χ3v) is 6.05. The lowest BCUT2D eigenvalue weighted by Crippen LogP contribution is -2.05. The second kappa shape index (κ2) is 7.78. The van der Waals surface area contributed by atoms with E-state index in [9.17, 15) is 4.79 Å². The Hall–Kier alpha value is -5.04. The molecule has 0 aliphatic heterocycles. The minimum atomic E-state index is -0.498. The summed E-state index contributed by atoms with van der Waals surface area (Å²) in [6.07, 6.45) is 1.67. The number of halogens is 1. The van der Waals surface area contributed by atoms with Gasteiger partial charge in [0.05, 0.1) is 46.1 Å². The molecule has 170 valence electrons. The van der Waals surface area contributed by atoms with Crippen LogP contribution in [0.2, 0.25) is 0 Å². The highest BCUT2D eigenvalue weighted by Crippen LogP contribution is 2.28. The van der Waals surface area contributed by atoms with Gasteiger partial charge in [-0.05, 0) is 66.6 Å². The molecule has 0 aliphatic rings. The Labute approximate surface area is 197 Å². The summed E-state index contributed by atoms with van der Waals surface area (Å²) >= 11 is 0. The van der Waals surface area contributed by atoms with Crippen LogP contribution >= 0.6 is 0 Å². The largest absolute Gasteiger partial charge is 0.323 e. The van der Waals surface area contributed by atoms with Crippen LogP contribution < -0.4 is 5.69 Å². The molecule has 9 nitrogen and oxygen atoms in total. The van der Waals surface area contributed by atoms with Crippen molar-refractivity contribution in [2.75, 3.05) is 0 Å². The number of imidazole rings is 1. The van der Waals surface area contributed by atoms with Crippen molar-refractivity contribution >= 4 is 22.1 Å². The number of benzene rings is 3. The number of rotatable bonds is 4. The number of nitrogens with zero attached hydrogens (tertiary/aromatic N) is 6. The van der Waals surface area contributed by atoms with E-state index in [0.717, 1.165) is 16.8 Å². The molecule has 3 heterocycles. The molecule has 0 atom stereocenters. The zero-order valence-corrected chi connectivity index (χ0v) is 18.5. The Bertz CT molecular complexity index is 1850. The first-order valence-corrected chi connectivity index (χ1v) is 10.8. The fourth-order valence-corrected chi connectivity index (χ4v) is 4.28. The number of nitrogens with one attached hydrogen (secondary N) is 2. The molecule has 3 aromatic carbocycles. The van der Waals surface area contributed by atoms with Gasteiger partial charge in [-0.2, -0.15) is 10.4 Å². The van der Waals surface area contributed by atoms with Crippen molar-refractivity contribution in [2.45, 2.75) is 13.5 Å². The lowest BCUT2D eigenvalue weighted by molar-refractivity contribution is 0.635. The monoisotopic (exact) mass is 464 g/mol. The van der Waals surface area contributed by atoms with Gasteiger partial charge in [0.25, 0.3) is 0 Å². The highest BCUT2D eigenvalue weighted by Gasteiger charge is 2.16. The van der Waals surface area contributed by atoms with Gasteiger partial charge in [0.15, 0.2) is 5.82 Å². The summed E-state index contributed by atoms with van der Waals surface area (Å²) in [5.74, 6) is -0.498. The number of H-pyrrole nitrogens is 2. The first kappa shape index (κ1) is 20.6. The zero-order valence-electron chi connectivity index (χ0n) is 18.5. The van der Waals surface area contributed by atoms with Crippen LogP contribution in [0.3, 0.4) is 0 Å². The summed E-state index contributed by atoms with van der Waals surface area (Å²) in [4.78, 5) is 17.0. The smallest absolute Gasteiger partial charge is 0.306 e. The van der Waals surface area contributed by atoms with E-state index in [2.05, 4.69) is 31.4 Å². The summed E-state index contributed by atoms with van der Waals surface area (Å²) in [6.45, 7) is 2.42. The summed E-state index contributed by atoms with van der Waals surface area (Å²) < 4.78 is 18.4. The van der Waals surface area contributed by atoms with Crippen molar-refractivity contribution in [3.63, 3.8) is 0 Å². The standard InChI is InChI=1S/C25H17FN8O/c1-14-8-15(12-27)2-3-16(14)13-33-22(6-7-28-33)17-9-19(26)24-23(10-17)34(32-31-24)18-4-5-20-21(11-18)30-25(35)29-20/h2-11H,13H2,1H3,(H2,29,30,35). The molecule has 0 fully saturated rings. The molecule has 3 aromatic heterocycles. The molecule has 0 radical (unpaired) electrons. The van der Waals surface area contributed by atoms with Crippen molar-refractivity contribution in [3.8, 4) is 23.0 Å². The molecule has 0 amide bonds. The van der Waals surface area contributed by atoms with E-state index < -0.39 is 5.82 Å². The Morgan fingerprint density at radius 2 is 1.91 bits per heavy atom. The minimum Gasteiger partial charge on any atom is -0.306 e. The van der Waals surface area contributed by atoms with Gasteiger partial charge in [-0.3, -0.25) is 4.68 Å². The van der Waals surface area contributed by atoms with Gasteiger partial charge in [-0.15, -0.1) is 5.10 Å². The van der Waals surface area contributed by atoms with Gasteiger partial charge in [-0.25, -0.2) is 13.9 Å². The lowest BCUT2D eigenvalue weighted by Gasteiger charge is -2.11. The predicted molar refractivity (Wildman–Crippen MR) is 128 cm³/mol. The van der Waals surface area contributed by atoms with E-state index >= 15 is 4.39 Å². The highest BCUT2D eigenvalue weighted by molar-refractivity contribution is 5.84. The van der Waals surface area contributed by atoms with Gasteiger partial charge < -0.3 is 9.97 Å². The van der Waals surface area contributed by atoms with Gasteiger partial charge >= 0.3 is 5.69 Å². The van der Waals surface area contributed by atoms with Crippen LogP contribution in [-0.2, 0) is 6.54 Å². The van der Waals surface area contributed by atoms with Crippen LogP contribution in [0.1, 0.15) is 16.7 Å². The van der Waals surface area contributed by atoms with Crippen molar-refractivity contribution < 1.29 is 4.39 Å². The van der Waals surface area contributed by atoms with Crippen LogP contribution in [-0.4, -0.2) is 34.7 Å². The average molecular weight is 464 g/mol. The Morgan fingerprint density at radius 1 is 1.06 bits per heavy atom. The minimum absolute atomic E-state index is 0.144.